The fourth-order valence-electron chi connectivity index (χ4n) is 2.17. The molecule has 25 heavy (non-hydrogen) atoms. The van der Waals surface area contributed by atoms with Crippen molar-refractivity contribution in [1.82, 2.24) is 10.2 Å². The van der Waals surface area contributed by atoms with Crippen LogP contribution in [0.1, 0.15) is 12.5 Å². The number of aromatic nitrogens is 2. The van der Waals surface area contributed by atoms with Crippen molar-refractivity contribution in [2.45, 2.75) is 24.3 Å². The lowest BCUT2D eigenvalue weighted by atomic mass is 10.2. The summed E-state index contributed by atoms with van der Waals surface area (Å²) < 4.78 is 6.59. The molecule has 1 aromatic heterocycles. The van der Waals surface area contributed by atoms with Crippen LogP contribution in [0.4, 0.5) is 5.69 Å². The largest absolute Gasteiger partial charge is 0.411 e. The Bertz CT molecular complexity index is 897. The van der Waals surface area contributed by atoms with Gasteiger partial charge in [-0.05, 0) is 49.7 Å². The van der Waals surface area contributed by atoms with Gasteiger partial charge < -0.3 is 9.73 Å². The standard InChI is InChI=1S/C18H16BrN3O2S/c1-11-5-3-8-15(9-11)20-16(23)12(2)25-18-22-21-17(24-18)13-6-4-7-14(19)10-13/h3-10,12H,1-2H3,(H,20,23). The summed E-state index contributed by atoms with van der Waals surface area (Å²) in [6.45, 7) is 3.79. The Kier molecular flexibility index (Phi) is 5.55. The average Bonchev–Trinajstić information content (AvgIpc) is 3.03. The Hall–Kier alpha value is -2.12. The number of rotatable bonds is 5. The minimum atomic E-state index is -0.365. The molecule has 1 unspecified atom stereocenters. The van der Waals surface area contributed by atoms with E-state index in [4.69, 9.17) is 4.42 Å². The number of amides is 1. The van der Waals surface area contributed by atoms with Gasteiger partial charge >= 0.3 is 0 Å². The number of hydrogen-bond donors (Lipinski definition) is 1. The molecule has 0 spiro atoms. The van der Waals surface area contributed by atoms with Crippen LogP contribution in [0, 0.1) is 6.92 Å². The van der Waals surface area contributed by atoms with Crippen molar-refractivity contribution in [3.63, 3.8) is 0 Å². The fraction of sp³-hybridized carbons (Fsp3) is 0.167. The predicted octanol–water partition coefficient (Wildman–Crippen LogP) is 4.93. The highest BCUT2D eigenvalue weighted by Crippen LogP contribution is 2.28. The lowest BCUT2D eigenvalue weighted by Crippen LogP contribution is -2.22. The summed E-state index contributed by atoms with van der Waals surface area (Å²) in [4.78, 5) is 12.3. The van der Waals surface area contributed by atoms with Crippen molar-refractivity contribution in [1.29, 1.82) is 0 Å². The smallest absolute Gasteiger partial charge is 0.277 e. The summed E-state index contributed by atoms with van der Waals surface area (Å²) in [5.41, 5.74) is 2.69. The lowest BCUT2D eigenvalue weighted by Gasteiger charge is -2.10. The molecule has 0 fully saturated rings. The molecule has 0 bridgehead atoms. The van der Waals surface area contributed by atoms with Crippen LogP contribution >= 0.6 is 27.7 Å². The summed E-state index contributed by atoms with van der Waals surface area (Å²) in [6.07, 6.45) is 0. The van der Waals surface area contributed by atoms with Gasteiger partial charge in [0.15, 0.2) is 0 Å². The first-order valence-electron chi connectivity index (χ1n) is 7.65. The van der Waals surface area contributed by atoms with Crippen molar-refractivity contribution in [2.75, 3.05) is 5.32 Å². The van der Waals surface area contributed by atoms with Crippen molar-refractivity contribution < 1.29 is 9.21 Å². The number of nitrogens with zero attached hydrogens (tertiary/aromatic N) is 2. The third-order valence-corrected chi connectivity index (χ3v) is 4.84. The summed E-state index contributed by atoms with van der Waals surface area (Å²) in [5, 5.41) is 11.0. The Morgan fingerprint density at radius 3 is 2.76 bits per heavy atom. The van der Waals surface area contributed by atoms with Gasteiger partial charge in [0, 0.05) is 15.7 Å². The molecular formula is C18H16BrN3O2S. The second-order valence-electron chi connectivity index (χ2n) is 5.50. The summed E-state index contributed by atoms with van der Waals surface area (Å²) in [5.74, 6) is 0.313. The van der Waals surface area contributed by atoms with Crippen LogP contribution in [0.2, 0.25) is 0 Å². The highest BCUT2D eigenvalue weighted by Gasteiger charge is 2.19. The number of carbonyl (C=O) groups excluding carboxylic acids is 1. The highest BCUT2D eigenvalue weighted by atomic mass is 79.9. The molecular weight excluding hydrogens is 402 g/mol. The number of halogens is 1. The zero-order valence-corrected chi connectivity index (χ0v) is 16.1. The van der Waals surface area contributed by atoms with Crippen LogP contribution in [-0.2, 0) is 4.79 Å². The Morgan fingerprint density at radius 2 is 2.00 bits per heavy atom. The lowest BCUT2D eigenvalue weighted by molar-refractivity contribution is -0.115. The zero-order valence-electron chi connectivity index (χ0n) is 13.7. The fourth-order valence-corrected chi connectivity index (χ4v) is 3.25. The van der Waals surface area contributed by atoms with Crippen molar-refractivity contribution in [3.8, 4) is 11.5 Å². The molecule has 3 aromatic rings. The first kappa shape index (κ1) is 17.7. The monoisotopic (exact) mass is 417 g/mol. The number of anilines is 1. The van der Waals surface area contributed by atoms with Crippen LogP contribution in [0.3, 0.4) is 0 Å². The van der Waals surface area contributed by atoms with E-state index < -0.39 is 0 Å². The highest BCUT2D eigenvalue weighted by molar-refractivity contribution is 9.10. The van der Waals surface area contributed by atoms with Crippen LogP contribution < -0.4 is 5.32 Å². The van der Waals surface area contributed by atoms with E-state index in [1.165, 1.54) is 11.8 Å². The molecule has 0 saturated carbocycles. The molecule has 1 amide bonds. The topological polar surface area (TPSA) is 68.0 Å². The maximum atomic E-state index is 12.3. The Morgan fingerprint density at radius 1 is 1.20 bits per heavy atom. The molecule has 2 aromatic carbocycles. The van der Waals surface area contributed by atoms with Gasteiger partial charge in [0.1, 0.15) is 0 Å². The maximum absolute atomic E-state index is 12.3. The molecule has 0 aliphatic rings. The van der Waals surface area contributed by atoms with Crippen molar-refractivity contribution >= 4 is 39.3 Å². The third-order valence-electron chi connectivity index (χ3n) is 3.41. The molecule has 7 heteroatoms. The SMILES string of the molecule is Cc1cccc(NC(=O)C(C)Sc2nnc(-c3cccc(Br)c3)o2)c1. The third kappa shape index (κ3) is 4.70. The first-order chi connectivity index (χ1) is 12.0. The number of nitrogens with one attached hydrogen (secondary N) is 1. The van der Waals surface area contributed by atoms with Gasteiger partial charge in [0.2, 0.25) is 11.8 Å². The van der Waals surface area contributed by atoms with E-state index in [9.17, 15) is 4.79 Å². The van der Waals surface area contributed by atoms with E-state index in [0.717, 1.165) is 21.3 Å². The van der Waals surface area contributed by atoms with Gasteiger partial charge in [-0.15, -0.1) is 10.2 Å². The van der Waals surface area contributed by atoms with Crippen LogP contribution in [0.5, 0.6) is 0 Å². The minimum absolute atomic E-state index is 0.113. The first-order valence-corrected chi connectivity index (χ1v) is 9.32. The van der Waals surface area contributed by atoms with Crippen LogP contribution in [0.25, 0.3) is 11.5 Å². The van der Waals surface area contributed by atoms with Crippen LogP contribution in [0.15, 0.2) is 62.6 Å². The number of carbonyl (C=O) groups is 1. The number of hydrogen-bond acceptors (Lipinski definition) is 5. The maximum Gasteiger partial charge on any atom is 0.277 e. The molecule has 0 saturated heterocycles. The molecule has 1 atom stereocenters. The van der Waals surface area contributed by atoms with E-state index in [1.54, 1.807) is 6.92 Å². The average molecular weight is 418 g/mol. The molecule has 128 valence electrons. The Labute approximate surface area is 158 Å². The summed E-state index contributed by atoms with van der Waals surface area (Å²) >= 11 is 4.64. The van der Waals surface area contributed by atoms with Gasteiger partial charge in [0.05, 0.1) is 5.25 Å². The normalized spacial score (nSPS) is 12.0. The minimum Gasteiger partial charge on any atom is -0.411 e. The summed E-state index contributed by atoms with van der Waals surface area (Å²) in [6, 6.07) is 15.3. The second kappa shape index (κ2) is 7.84. The zero-order chi connectivity index (χ0) is 17.8. The van der Waals surface area contributed by atoms with Crippen LogP contribution in [-0.4, -0.2) is 21.4 Å². The van der Waals surface area contributed by atoms with Gasteiger partial charge in [-0.25, -0.2) is 0 Å². The summed E-state index contributed by atoms with van der Waals surface area (Å²) in [7, 11) is 0. The van der Waals surface area contributed by atoms with Gasteiger partial charge in [-0.3, -0.25) is 4.79 Å². The van der Waals surface area contributed by atoms with Crippen molar-refractivity contribution in [3.05, 3.63) is 58.6 Å². The van der Waals surface area contributed by atoms with E-state index in [2.05, 4.69) is 31.4 Å². The van der Waals surface area contributed by atoms with Gasteiger partial charge in [0.25, 0.3) is 5.22 Å². The molecule has 5 nitrogen and oxygen atoms in total. The predicted molar refractivity (Wildman–Crippen MR) is 103 cm³/mol. The number of benzene rings is 2. The van der Waals surface area contributed by atoms with E-state index in [1.807, 2.05) is 55.5 Å². The molecule has 1 N–H and O–H groups in total. The van der Waals surface area contributed by atoms with E-state index in [0.29, 0.717) is 11.1 Å². The molecule has 0 aliphatic carbocycles. The molecule has 0 radical (unpaired) electrons. The second-order valence-corrected chi connectivity index (χ2v) is 7.71. The van der Waals surface area contributed by atoms with E-state index in [-0.39, 0.29) is 11.2 Å². The Balaban J connectivity index is 1.65. The van der Waals surface area contributed by atoms with Gasteiger partial charge in [-0.1, -0.05) is 45.9 Å². The quantitative estimate of drug-likeness (QED) is 0.596. The van der Waals surface area contributed by atoms with Crippen molar-refractivity contribution in [2.24, 2.45) is 0 Å². The van der Waals surface area contributed by atoms with Gasteiger partial charge in [-0.2, -0.15) is 0 Å². The molecule has 1 heterocycles. The van der Waals surface area contributed by atoms with E-state index >= 15 is 0 Å². The number of aryl methyl sites for hydroxylation is 1. The molecule has 3 rings (SSSR count). The number of thioether (sulfide) groups is 1. The molecule has 0 aliphatic heterocycles.